The summed E-state index contributed by atoms with van der Waals surface area (Å²) in [6, 6.07) is 0. The predicted octanol–water partition coefficient (Wildman–Crippen LogP) is 1.53. The molecule has 4 nitrogen and oxygen atoms in total. The number of hydrogen-bond acceptors (Lipinski definition) is 3. The summed E-state index contributed by atoms with van der Waals surface area (Å²) in [4.78, 5) is 10.3. The van der Waals surface area contributed by atoms with E-state index in [4.69, 9.17) is 4.74 Å². The minimum absolute atomic E-state index is 0.459. The lowest BCUT2D eigenvalue weighted by Crippen LogP contribution is -2.15. The second-order valence-corrected chi connectivity index (χ2v) is 4.03. The first-order valence-corrected chi connectivity index (χ1v) is 5.54. The zero-order chi connectivity index (χ0) is 11.4. The first kappa shape index (κ1) is 11.1. The van der Waals surface area contributed by atoms with Crippen molar-refractivity contribution in [2.45, 2.75) is 18.8 Å². The molecule has 0 aromatic carbocycles. The molecule has 86 valence electrons. The maximum atomic E-state index is 10.3. The summed E-state index contributed by atoms with van der Waals surface area (Å²) >= 11 is 0. The van der Waals surface area contributed by atoms with Gasteiger partial charge < -0.3 is 4.74 Å². The van der Waals surface area contributed by atoms with Crippen LogP contribution in [0.25, 0.3) is 6.08 Å². The van der Waals surface area contributed by atoms with E-state index in [0.717, 1.165) is 43.6 Å². The van der Waals surface area contributed by atoms with Gasteiger partial charge in [0.1, 0.15) is 6.29 Å². The van der Waals surface area contributed by atoms with Crippen molar-refractivity contribution in [1.29, 1.82) is 0 Å². The van der Waals surface area contributed by atoms with E-state index in [1.54, 1.807) is 4.68 Å². The van der Waals surface area contributed by atoms with E-state index >= 15 is 0 Å². The van der Waals surface area contributed by atoms with Gasteiger partial charge in [0.05, 0.1) is 5.69 Å². The van der Waals surface area contributed by atoms with Crippen molar-refractivity contribution in [2.24, 2.45) is 7.05 Å². The van der Waals surface area contributed by atoms with Gasteiger partial charge in [-0.25, -0.2) is 0 Å². The van der Waals surface area contributed by atoms with Crippen molar-refractivity contribution < 1.29 is 9.53 Å². The summed E-state index contributed by atoms with van der Waals surface area (Å²) in [7, 11) is 1.90. The maximum absolute atomic E-state index is 10.3. The Hall–Kier alpha value is -1.42. The van der Waals surface area contributed by atoms with Gasteiger partial charge in [-0.2, -0.15) is 5.10 Å². The molecule has 0 bridgehead atoms. The molecule has 0 aliphatic carbocycles. The fourth-order valence-corrected chi connectivity index (χ4v) is 2.08. The number of aromatic nitrogens is 2. The fourth-order valence-electron chi connectivity index (χ4n) is 2.08. The Morgan fingerprint density at radius 1 is 1.50 bits per heavy atom. The Morgan fingerprint density at radius 2 is 2.25 bits per heavy atom. The van der Waals surface area contributed by atoms with Gasteiger partial charge in [0, 0.05) is 37.9 Å². The van der Waals surface area contributed by atoms with Gasteiger partial charge in [-0.3, -0.25) is 9.48 Å². The molecule has 2 heterocycles. The molecule has 0 saturated carbocycles. The molecular formula is C12H16N2O2. The lowest BCUT2D eigenvalue weighted by atomic mass is 9.94. The SMILES string of the molecule is Cn1cc(/C=C/C=O)c(C2CCOCC2)n1. The number of carbonyl (C=O) groups excluding carboxylic acids is 1. The van der Waals surface area contributed by atoms with Crippen LogP contribution in [0.2, 0.25) is 0 Å². The number of ether oxygens (including phenoxy) is 1. The second kappa shape index (κ2) is 5.07. The van der Waals surface area contributed by atoms with Gasteiger partial charge in [-0.1, -0.05) is 0 Å². The number of hydrogen-bond donors (Lipinski definition) is 0. The summed E-state index contributed by atoms with van der Waals surface area (Å²) in [6.45, 7) is 1.61. The summed E-state index contributed by atoms with van der Waals surface area (Å²) in [5, 5.41) is 4.48. The second-order valence-electron chi connectivity index (χ2n) is 4.03. The van der Waals surface area contributed by atoms with Crippen molar-refractivity contribution in [2.75, 3.05) is 13.2 Å². The number of allylic oxidation sites excluding steroid dienone is 1. The quantitative estimate of drug-likeness (QED) is 0.573. The Bertz CT molecular complexity index is 390. The Morgan fingerprint density at radius 3 is 2.94 bits per heavy atom. The predicted molar refractivity (Wildman–Crippen MR) is 61.1 cm³/mol. The molecule has 1 fully saturated rings. The number of carbonyl (C=O) groups is 1. The highest BCUT2D eigenvalue weighted by atomic mass is 16.5. The number of rotatable bonds is 3. The molecule has 0 atom stereocenters. The van der Waals surface area contributed by atoms with Gasteiger partial charge in [-0.05, 0) is 25.0 Å². The molecule has 1 aromatic heterocycles. The smallest absolute Gasteiger partial charge is 0.142 e. The molecule has 0 amide bonds. The zero-order valence-electron chi connectivity index (χ0n) is 9.43. The van der Waals surface area contributed by atoms with Crippen molar-refractivity contribution in [3.05, 3.63) is 23.5 Å². The van der Waals surface area contributed by atoms with Crippen molar-refractivity contribution in [3.8, 4) is 0 Å². The third-order valence-electron chi connectivity index (χ3n) is 2.85. The van der Waals surface area contributed by atoms with Gasteiger partial charge in [0.15, 0.2) is 0 Å². The van der Waals surface area contributed by atoms with Crippen LogP contribution in [0.1, 0.15) is 30.0 Å². The average Bonchev–Trinajstić information content (AvgIpc) is 2.69. The molecule has 0 spiro atoms. The van der Waals surface area contributed by atoms with E-state index in [1.165, 1.54) is 6.08 Å². The van der Waals surface area contributed by atoms with Crippen LogP contribution < -0.4 is 0 Å². The normalized spacial score (nSPS) is 18.1. The largest absolute Gasteiger partial charge is 0.381 e. The number of nitrogens with zero attached hydrogens (tertiary/aromatic N) is 2. The minimum atomic E-state index is 0.459. The molecular weight excluding hydrogens is 204 g/mol. The Labute approximate surface area is 94.9 Å². The third-order valence-corrected chi connectivity index (χ3v) is 2.85. The zero-order valence-corrected chi connectivity index (χ0v) is 9.43. The van der Waals surface area contributed by atoms with Crippen molar-refractivity contribution >= 4 is 12.4 Å². The summed E-state index contributed by atoms with van der Waals surface area (Å²) in [5.41, 5.74) is 2.13. The van der Waals surface area contributed by atoms with Crippen LogP contribution in [0, 0.1) is 0 Å². The molecule has 1 saturated heterocycles. The Balaban J connectivity index is 2.23. The van der Waals surface area contributed by atoms with Crippen LogP contribution >= 0.6 is 0 Å². The molecule has 4 heteroatoms. The van der Waals surface area contributed by atoms with E-state index in [0.29, 0.717) is 5.92 Å². The molecule has 1 aliphatic heterocycles. The number of aryl methyl sites for hydroxylation is 1. The summed E-state index contributed by atoms with van der Waals surface area (Å²) < 4.78 is 7.14. The van der Waals surface area contributed by atoms with Crippen molar-refractivity contribution in [1.82, 2.24) is 9.78 Å². The minimum Gasteiger partial charge on any atom is -0.381 e. The highest BCUT2D eigenvalue weighted by molar-refractivity contribution is 5.74. The summed E-state index contributed by atoms with van der Waals surface area (Å²) in [5.74, 6) is 0.459. The monoisotopic (exact) mass is 220 g/mol. The van der Waals surface area contributed by atoms with E-state index in [9.17, 15) is 4.79 Å². The molecule has 0 unspecified atom stereocenters. The lowest BCUT2D eigenvalue weighted by molar-refractivity contribution is -0.104. The molecule has 0 N–H and O–H groups in total. The van der Waals surface area contributed by atoms with E-state index in [2.05, 4.69) is 5.10 Å². The average molecular weight is 220 g/mol. The third kappa shape index (κ3) is 2.39. The van der Waals surface area contributed by atoms with Crippen molar-refractivity contribution in [3.63, 3.8) is 0 Å². The first-order chi connectivity index (χ1) is 7.81. The molecule has 2 rings (SSSR count). The van der Waals surface area contributed by atoms with E-state index in [1.807, 2.05) is 19.3 Å². The number of aldehydes is 1. The van der Waals surface area contributed by atoms with Gasteiger partial charge in [0.25, 0.3) is 0 Å². The topological polar surface area (TPSA) is 44.1 Å². The van der Waals surface area contributed by atoms with Crippen LogP contribution in [0.4, 0.5) is 0 Å². The van der Waals surface area contributed by atoms with Gasteiger partial charge >= 0.3 is 0 Å². The van der Waals surface area contributed by atoms with Gasteiger partial charge in [0.2, 0.25) is 0 Å². The summed E-state index contributed by atoms with van der Waals surface area (Å²) in [6.07, 6.45) is 8.11. The molecule has 0 radical (unpaired) electrons. The van der Waals surface area contributed by atoms with Crippen LogP contribution in [0.15, 0.2) is 12.3 Å². The van der Waals surface area contributed by atoms with Crippen LogP contribution in [0.5, 0.6) is 0 Å². The fraction of sp³-hybridized carbons (Fsp3) is 0.500. The van der Waals surface area contributed by atoms with Crippen LogP contribution in [-0.4, -0.2) is 29.3 Å². The first-order valence-electron chi connectivity index (χ1n) is 5.54. The van der Waals surface area contributed by atoms with Crippen LogP contribution in [0.3, 0.4) is 0 Å². The maximum Gasteiger partial charge on any atom is 0.142 e. The molecule has 1 aromatic rings. The van der Waals surface area contributed by atoms with E-state index in [-0.39, 0.29) is 0 Å². The lowest BCUT2D eigenvalue weighted by Gasteiger charge is -2.20. The van der Waals surface area contributed by atoms with E-state index < -0.39 is 0 Å². The highest BCUT2D eigenvalue weighted by Crippen LogP contribution is 2.28. The Kier molecular flexibility index (Phi) is 3.51. The molecule has 1 aliphatic rings. The standard InChI is InChI=1S/C12H16N2O2/c1-14-9-11(3-2-6-15)12(13-14)10-4-7-16-8-5-10/h2-3,6,9-10H,4-5,7-8H2,1H3/b3-2+. The van der Waals surface area contributed by atoms with Crippen LogP contribution in [-0.2, 0) is 16.6 Å². The molecule has 16 heavy (non-hydrogen) atoms. The van der Waals surface area contributed by atoms with Gasteiger partial charge in [-0.15, -0.1) is 0 Å². The highest BCUT2D eigenvalue weighted by Gasteiger charge is 2.20.